The summed E-state index contributed by atoms with van der Waals surface area (Å²) < 4.78 is 1.51. The number of aromatic nitrogens is 2. The van der Waals surface area contributed by atoms with Crippen LogP contribution >= 0.6 is 0 Å². The van der Waals surface area contributed by atoms with Crippen molar-refractivity contribution in [2.75, 3.05) is 32.0 Å². The second kappa shape index (κ2) is 5.50. The number of likely N-dealkylation sites (N-methyl/N-ethyl adjacent to an activating group) is 1. The van der Waals surface area contributed by atoms with Gasteiger partial charge in [-0.15, -0.1) is 0 Å². The van der Waals surface area contributed by atoms with Crippen LogP contribution in [0.4, 0.5) is 5.82 Å². The summed E-state index contributed by atoms with van der Waals surface area (Å²) in [5.74, 6) is 0.421. The molecule has 1 heterocycles. The molecule has 0 fully saturated rings. The van der Waals surface area contributed by atoms with Crippen molar-refractivity contribution in [3.8, 4) is 0 Å². The van der Waals surface area contributed by atoms with E-state index < -0.39 is 0 Å². The lowest BCUT2D eigenvalue weighted by Gasteiger charge is -2.14. The van der Waals surface area contributed by atoms with Gasteiger partial charge in [0.2, 0.25) is 0 Å². The van der Waals surface area contributed by atoms with Crippen molar-refractivity contribution in [2.45, 2.75) is 6.92 Å². The van der Waals surface area contributed by atoms with E-state index in [9.17, 15) is 4.79 Å². The van der Waals surface area contributed by atoms with Crippen LogP contribution in [0.15, 0.2) is 17.2 Å². The average molecular weight is 210 g/mol. The summed E-state index contributed by atoms with van der Waals surface area (Å²) in [6, 6.07) is 0. The van der Waals surface area contributed by atoms with Crippen molar-refractivity contribution < 1.29 is 0 Å². The van der Waals surface area contributed by atoms with Gasteiger partial charge in [-0.05, 0) is 13.6 Å². The van der Waals surface area contributed by atoms with Crippen LogP contribution in [0.5, 0.6) is 0 Å². The molecule has 0 bridgehead atoms. The first-order valence-electron chi connectivity index (χ1n) is 5.09. The van der Waals surface area contributed by atoms with Gasteiger partial charge in [0.15, 0.2) is 5.82 Å². The van der Waals surface area contributed by atoms with Crippen molar-refractivity contribution in [3.05, 3.63) is 22.7 Å². The third-order valence-corrected chi connectivity index (χ3v) is 2.34. The van der Waals surface area contributed by atoms with Crippen molar-refractivity contribution in [2.24, 2.45) is 7.05 Å². The number of anilines is 1. The van der Waals surface area contributed by atoms with Crippen molar-refractivity contribution >= 4 is 5.82 Å². The fourth-order valence-electron chi connectivity index (χ4n) is 1.14. The molecule has 0 atom stereocenters. The summed E-state index contributed by atoms with van der Waals surface area (Å²) in [5.41, 5.74) is -0.0864. The molecule has 15 heavy (non-hydrogen) atoms. The molecule has 0 saturated carbocycles. The molecule has 0 saturated heterocycles. The Labute approximate surface area is 89.7 Å². The van der Waals surface area contributed by atoms with E-state index in [0.29, 0.717) is 5.82 Å². The third kappa shape index (κ3) is 3.36. The lowest BCUT2D eigenvalue weighted by Crippen LogP contribution is -2.28. The lowest BCUT2D eigenvalue weighted by atomic mass is 10.5. The minimum atomic E-state index is -0.0864. The Hall–Kier alpha value is -1.36. The Kier molecular flexibility index (Phi) is 4.30. The highest BCUT2D eigenvalue weighted by Crippen LogP contribution is 1.91. The van der Waals surface area contributed by atoms with Crippen LogP contribution in [0.2, 0.25) is 0 Å². The number of nitrogens with zero attached hydrogens (tertiary/aromatic N) is 3. The number of hydrogen-bond acceptors (Lipinski definition) is 4. The van der Waals surface area contributed by atoms with E-state index in [4.69, 9.17) is 0 Å². The topological polar surface area (TPSA) is 50.2 Å². The summed E-state index contributed by atoms with van der Waals surface area (Å²) in [6.07, 6.45) is 3.26. The van der Waals surface area contributed by atoms with Gasteiger partial charge < -0.3 is 14.8 Å². The summed E-state index contributed by atoms with van der Waals surface area (Å²) >= 11 is 0. The minimum Gasteiger partial charge on any atom is -0.364 e. The van der Waals surface area contributed by atoms with E-state index in [1.807, 2.05) is 7.05 Å². The predicted molar refractivity (Wildman–Crippen MR) is 61.1 cm³/mol. The molecule has 84 valence electrons. The van der Waals surface area contributed by atoms with Crippen LogP contribution in [0, 0.1) is 0 Å². The van der Waals surface area contributed by atoms with Gasteiger partial charge in [0.25, 0.3) is 5.56 Å². The fourth-order valence-corrected chi connectivity index (χ4v) is 1.14. The second-order valence-corrected chi connectivity index (χ2v) is 3.51. The first-order chi connectivity index (χ1) is 7.15. The van der Waals surface area contributed by atoms with E-state index in [1.165, 1.54) is 4.57 Å². The van der Waals surface area contributed by atoms with Crippen molar-refractivity contribution in [1.82, 2.24) is 14.5 Å². The molecule has 0 aliphatic rings. The molecular weight excluding hydrogens is 192 g/mol. The largest absolute Gasteiger partial charge is 0.364 e. The van der Waals surface area contributed by atoms with Gasteiger partial charge in [-0.25, -0.2) is 4.98 Å². The Balaban J connectivity index is 2.51. The van der Waals surface area contributed by atoms with Crippen LogP contribution in [-0.2, 0) is 7.05 Å². The van der Waals surface area contributed by atoms with Crippen molar-refractivity contribution in [3.63, 3.8) is 0 Å². The predicted octanol–water partition coefficient (Wildman–Crippen LogP) is 0.144. The van der Waals surface area contributed by atoms with Crippen LogP contribution in [0.25, 0.3) is 0 Å². The lowest BCUT2D eigenvalue weighted by molar-refractivity contribution is 0.367. The molecule has 5 nitrogen and oxygen atoms in total. The highest BCUT2D eigenvalue weighted by atomic mass is 16.1. The Morgan fingerprint density at radius 3 is 3.00 bits per heavy atom. The maximum atomic E-state index is 11.5. The average Bonchev–Trinajstić information content (AvgIpc) is 2.24. The molecule has 0 spiro atoms. The van der Waals surface area contributed by atoms with E-state index in [0.717, 1.165) is 19.6 Å². The molecule has 1 aromatic heterocycles. The summed E-state index contributed by atoms with van der Waals surface area (Å²) in [5, 5.41) is 3.03. The van der Waals surface area contributed by atoms with Gasteiger partial charge in [-0.3, -0.25) is 4.79 Å². The zero-order valence-corrected chi connectivity index (χ0v) is 9.53. The standard InChI is InChI=1S/C10H18N4O/c1-4-13(2)7-5-11-9-10(15)14(3)8-6-12-9/h6,8H,4-5,7H2,1-3H3,(H,11,12). The summed E-state index contributed by atoms with van der Waals surface area (Å²) in [6.45, 7) is 4.73. The van der Waals surface area contributed by atoms with E-state index in [2.05, 4.69) is 22.1 Å². The number of hydrogen-bond donors (Lipinski definition) is 1. The molecule has 0 amide bonds. The number of rotatable bonds is 5. The zero-order chi connectivity index (χ0) is 11.3. The molecular formula is C10H18N4O. The first-order valence-corrected chi connectivity index (χ1v) is 5.09. The Bertz CT molecular complexity index is 361. The fraction of sp³-hybridized carbons (Fsp3) is 0.600. The smallest absolute Gasteiger partial charge is 0.293 e. The molecule has 5 heteroatoms. The van der Waals surface area contributed by atoms with Crippen LogP contribution < -0.4 is 10.9 Å². The van der Waals surface area contributed by atoms with E-state index in [1.54, 1.807) is 19.4 Å². The maximum absolute atomic E-state index is 11.5. The highest BCUT2D eigenvalue weighted by Gasteiger charge is 2.01. The maximum Gasteiger partial charge on any atom is 0.293 e. The number of nitrogens with one attached hydrogen (secondary N) is 1. The molecule has 0 aliphatic carbocycles. The Morgan fingerprint density at radius 2 is 2.33 bits per heavy atom. The van der Waals surface area contributed by atoms with Crippen LogP contribution in [-0.4, -0.2) is 41.1 Å². The molecule has 0 aromatic carbocycles. The van der Waals surface area contributed by atoms with Gasteiger partial charge in [-0.2, -0.15) is 0 Å². The van der Waals surface area contributed by atoms with Gasteiger partial charge >= 0.3 is 0 Å². The first kappa shape index (κ1) is 11.7. The number of aryl methyl sites for hydroxylation is 1. The normalized spacial score (nSPS) is 10.7. The molecule has 0 aliphatic heterocycles. The van der Waals surface area contributed by atoms with E-state index in [-0.39, 0.29) is 5.56 Å². The van der Waals surface area contributed by atoms with Crippen LogP contribution in [0.1, 0.15) is 6.92 Å². The molecule has 0 radical (unpaired) electrons. The van der Waals surface area contributed by atoms with Gasteiger partial charge in [0.05, 0.1) is 0 Å². The monoisotopic (exact) mass is 210 g/mol. The third-order valence-electron chi connectivity index (χ3n) is 2.34. The Morgan fingerprint density at radius 1 is 1.60 bits per heavy atom. The molecule has 0 unspecified atom stereocenters. The van der Waals surface area contributed by atoms with Gasteiger partial charge in [0.1, 0.15) is 0 Å². The molecule has 1 aromatic rings. The SMILES string of the molecule is CCN(C)CCNc1nccn(C)c1=O. The van der Waals surface area contributed by atoms with E-state index >= 15 is 0 Å². The zero-order valence-electron chi connectivity index (χ0n) is 9.53. The van der Waals surface area contributed by atoms with Crippen molar-refractivity contribution in [1.29, 1.82) is 0 Å². The summed E-state index contributed by atoms with van der Waals surface area (Å²) in [4.78, 5) is 17.7. The molecule has 1 rings (SSSR count). The molecule has 1 N–H and O–H groups in total. The van der Waals surface area contributed by atoms with Crippen LogP contribution in [0.3, 0.4) is 0 Å². The minimum absolute atomic E-state index is 0.0864. The second-order valence-electron chi connectivity index (χ2n) is 3.51. The quantitative estimate of drug-likeness (QED) is 0.751. The highest BCUT2D eigenvalue weighted by molar-refractivity contribution is 5.30. The van der Waals surface area contributed by atoms with Gasteiger partial charge in [0, 0.05) is 32.5 Å². The van der Waals surface area contributed by atoms with Gasteiger partial charge in [-0.1, -0.05) is 6.92 Å². The summed E-state index contributed by atoms with van der Waals surface area (Å²) in [7, 11) is 3.76.